The van der Waals surface area contributed by atoms with Crippen molar-refractivity contribution in [3.8, 4) is 0 Å². The lowest BCUT2D eigenvalue weighted by Gasteiger charge is -2.26. The van der Waals surface area contributed by atoms with Crippen LogP contribution < -0.4 is 0 Å². The molecule has 2 rings (SSSR count). The molecule has 0 saturated heterocycles. The summed E-state index contributed by atoms with van der Waals surface area (Å²) in [6.07, 6.45) is 0.821. The quantitative estimate of drug-likeness (QED) is 0.828. The minimum Gasteiger partial charge on any atom is -0.475 e. The summed E-state index contributed by atoms with van der Waals surface area (Å²) in [5, 5.41) is 9.12. The fraction of sp³-hybridized carbons (Fsp3) is 0.222. The molecular formula is C18H18O3. The van der Waals surface area contributed by atoms with Crippen LogP contribution in [0.1, 0.15) is 18.1 Å². The topological polar surface area (TPSA) is 54.4 Å². The number of hydrogen-bond donors (Lipinski definition) is 1. The van der Waals surface area contributed by atoms with E-state index in [2.05, 4.69) is 0 Å². The molecule has 0 aromatic heterocycles. The molecule has 0 heterocycles. The summed E-state index contributed by atoms with van der Waals surface area (Å²) in [6, 6.07) is 19.0. The maximum atomic E-state index is 12.2. The minimum atomic E-state index is -1.37. The van der Waals surface area contributed by atoms with Crippen LogP contribution in [0.3, 0.4) is 0 Å². The van der Waals surface area contributed by atoms with Crippen LogP contribution in [0.5, 0.6) is 0 Å². The third kappa shape index (κ3) is 3.78. The predicted molar refractivity (Wildman–Crippen MR) is 81.0 cm³/mol. The van der Waals surface area contributed by atoms with Gasteiger partial charge in [0.15, 0.2) is 0 Å². The Morgan fingerprint density at radius 3 is 1.57 bits per heavy atom. The Morgan fingerprint density at radius 1 is 0.857 bits per heavy atom. The van der Waals surface area contributed by atoms with Gasteiger partial charge in [-0.2, -0.15) is 0 Å². The Hall–Kier alpha value is -2.42. The number of hydrogen-bond acceptors (Lipinski definition) is 2. The molecule has 0 unspecified atom stereocenters. The van der Waals surface area contributed by atoms with Crippen molar-refractivity contribution < 1.29 is 14.7 Å². The summed E-state index contributed by atoms with van der Waals surface area (Å²) in [4.78, 5) is 23.4. The molecule has 0 saturated carbocycles. The van der Waals surface area contributed by atoms with Crippen LogP contribution in [0.2, 0.25) is 0 Å². The van der Waals surface area contributed by atoms with Gasteiger partial charge in [-0.25, -0.2) is 4.79 Å². The molecule has 0 radical (unpaired) electrons. The van der Waals surface area contributed by atoms with Gasteiger partial charge in [0, 0.05) is 5.41 Å². The highest BCUT2D eigenvalue weighted by atomic mass is 16.4. The molecule has 0 aliphatic rings. The maximum Gasteiger partial charge on any atom is 0.372 e. The number of Topliss-reactive ketones (excluding diaryl/α,β-unsaturated/α-hetero) is 1. The van der Waals surface area contributed by atoms with Gasteiger partial charge < -0.3 is 5.11 Å². The van der Waals surface area contributed by atoms with Gasteiger partial charge in [-0.05, 0) is 24.0 Å². The summed E-state index contributed by atoms with van der Waals surface area (Å²) >= 11 is 0. The second-order valence-corrected chi connectivity index (χ2v) is 5.52. The van der Waals surface area contributed by atoms with Crippen molar-refractivity contribution in [1.29, 1.82) is 0 Å². The number of carbonyl (C=O) groups excluding carboxylic acids is 1. The number of carbonyl (C=O) groups is 2. The van der Waals surface area contributed by atoms with Crippen molar-refractivity contribution in [3.05, 3.63) is 71.8 Å². The molecule has 0 spiro atoms. The van der Waals surface area contributed by atoms with Gasteiger partial charge in [0.05, 0.1) is 0 Å². The summed E-state index contributed by atoms with van der Waals surface area (Å²) in [5.41, 5.74) is 0.977. The number of ketones is 1. The zero-order valence-electron chi connectivity index (χ0n) is 12.0. The summed E-state index contributed by atoms with van der Waals surface area (Å²) < 4.78 is 0. The average Bonchev–Trinajstić information content (AvgIpc) is 2.48. The van der Waals surface area contributed by atoms with Gasteiger partial charge in [-0.15, -0.1) is 0 Å². The fourth-order valence-corrected chi connectivity index (χ4v) is 2.57. The predicted octanol–water partition coefficient (Wildman–Crippen LogP) is 3.13. The van der Waals surface area contributed by atoms with Crippen LogP contribution >= 0.6 is 0 Å². The van der Waals surface area contributed by atoms with E-state index >= 15 is 0 Å². The van der Waals surface area contributed by atoms with Crippen LogP contribution in [0.25, 0.3) is 0 Å². The molecule has 0 amide bonds. The fourth-order valence-electron chi connectivity index (χ4n) is 2.57. The van der Waals surface area contributed by atoms with E-state index in [1.165, 1.54) is 0 Å². The zero-order chi connectivity index (χ0) is 15.3. The van der Waals surface area contributed by atoms with E-state index in [-0.39, 0.29) is 0 Å². The van der Waals surface area contributed by atoms with Gasteiger partial charge in [0.2, 0.25) is 5.78 Å². The first kappa shape index (κ1) is 15.0. The first-order chi connectivity index (χ1) is 10.0. The largest absolute Gasteiger partial charge is 0.475 e. The molecule has 1 N–H and O–H groups in total. The van der Waals surface area contributed by atoms with E-state index in [1.54, 1.807) is 6.92 Å². The van der Waals surface area contributed by atoms with Gasteiger partial charge in [0.25, 0.3) is 0 Å². The Bertz CT molecular complexity index is 576. The van der Waals surface area contributed by atoms with Crippen LogP contribution in [0.4, 0.5) is 0 Å². The molecule has 0 aliphatic heterocycles. The number of carboxylic acid groups (broad SMARTS) is 1. The standard InChI is InChI=1S/C18H18O3/c1-18(16(19)17(20)21,12-14-8-4-2-5-9-14)13-15-10-6-3-7-11-15/h2-11H,12-13H2,1H3,(H,20,21). The molecule has 3 nitrogen and oxygen atoms in total. The molecule has 0 fully saturated rings. The molecule has 2 aromatic rings. The smallest absolute Gasteiger partial charge is 0.372 e. The van der Waals surface area contributed by atoms with E-state index < -0.39 is 17.2 Å². The Labute approximate surface area is 124 Å². The lowest BCUT2D eigenvalue weighted by atomic mass is 9.75. The van der Waals surface area contributed by atoms with Crippen molar-refractivity contribution in [2.24, 2.45) is 5.41 Å². The molecule has 2 aromatic carbocycles. The highest BCUT2D eigenvalue weighted by molar-refractivity contribution is 6.34. The highest BCUT2D eigenvalue weighted by Crippen LogP contribution is 2.29. The molecule has 0 bridgehead atoms. The van der Waals surface area contributed by atoms with Gasteiger partial charge in [0.1, 0.15) is 0 Å². The molecule has 3 heteroatoms. The van der Waals surface area contributed by atoms with Gasteiger partial charge in [-0.3, -0.25) is 4.79 Å². The number of aliphatic carboxylic acids is 1. The molecular weight excluding hydrogens is 264 g/mol. The van der Waals surface area contributed by atoms with Gasteiger partial charge in [-0.1, -0.05) is 67.6 Å². The summed E-state index contributed by atoms with van der Waals surface area (Å²) in [5.74, 6) is -2.11. The lowest BCUT2D eigenvalue weighted by molar-refractivity contribution is -0.153. The monoisotopic (exact) mass is 282 g/mol. The SMILES string of the molecule is CC(Cc1ccccc1)(Cc1ccccc1)C(=O)C(=O)O. The van der Waals surface area contributed by atoms with Crippen LogP contribution in [-0.2, 0) is 22.4 Å². The Morgan fingerprint density at radius 2 is 1.24 bits per heavy atom. The van der Waals surface area contributed by atoms with Crippen molar-refractivity contribution in [2.75, 3.05) is 0 Å². The molecule has 108 valence electrons. The van der Waals surface area contributed by atoms with Crippen LogP contribution in [0, 0.1) is 5.41 Å². The molecule has 21 heavy (non-hydrogen) atoms. The lowest BCUT2D eigenvalue weighted by Crippen LogP contribution is -2.37. The molecule has 0 aliphatic carbocycles. The number of carboxylic acids is 1. The second-order valence-electron chi connectivity index (χ2n) is 5.52. The summed E-state index contributed by atoms with van der Waals surface area (Å²) in [7, 11) is 0. The first-order valence-corrected chi connectivity index (χ1v) is 6.87. The van der Waals surface area contributed by atoms with Crippen molar-refractivity contribution in [2.45, 2.75) is 19.8 Å². The van der Waals surface area contributed by atoms with Crippen molar-refractivity contribution >= 4 is 11.8 Å². The first-order valence-electron chi connectivity index (χ1n) is 6.87. The van der Waals surface area contributed by atoms with E-state index in [0.717, 1.165) is 11.1 Å². The van der Waals surface area contributed by atoms with Gasteiger partial charge >= 0.3 is 5.97 Å². The van der Waals surface area contributed by atoms with E-state index in [4.69, 9.17) is 5.11 Å². The minimum absolute atomic E-state index is 0.411. The normalized spacial score (nSPS) is 11.1. The van der Waals surface area contributed by atoms with Crippen molar-refractivity contribution in [1.82, 2.24) is 0 Å². The summed E-state index contributed by atoms with van der Waals surface area (Å²) in [6.45, 7) is 1.73. The maximum absolute atomic E-state index is 12.2. The van der Waals surface area contributed by atoms with E-state index in [0.29, 0.717) is 12.8 Å². The Kier molecular flexibility index (Phi) is 4.53. The highest BCUT2D eigenvalue weighted by Gasteiger charge is 2.37. The van der Waals surface area contributed by atoms with E-state index in [1.807, 2.05) is 60.7 Å². The van der Waals surface area contributed by atoms with Crippen LogP contribution in [0.15, 0.2) is 60.7 Å². The van der Waals surface area contributed by atoms with E-state index in [9.17, 15) is 9.59 Å². The number of benzene rings is 2. The third-order valence-corrected chi connectivity index (χ3v) is 3.62. The molecule has 0 atom stereocenters. The van der Waals surface area contributed by atoms with Crippen molar-refractivity contribution in [3.63, 3.8) is 0 Å². The third-order valence-electron chi connectivity index (χ3n) is 3.62. The Balaban J connectivity index is 2.30. The van der Waals surface area contributed by atoms with Crippen LogP contribution in [-0.4, -0.2) is 16.9 Å². The zero-order valence-corrected chi connectivity index (χ0v) is 12.0. The second kappa shape index (κ2) is 6.35. The number of rotatable bonds is 6. The average molecular weight is 282 g/mol.